The van der Waals surface area contributed by atoms with Gasteiger partial charge in [-0.2, -0.15) is 0 Å². The number of sulfone groups is 1. The molecule has 16 heteroatoms. The monoisotopic (exact) mass is 805 g/mol. The number of benzene rings is 1. The molecule has 4 fully saturated rings. The van der Waals surface area contributed by atoms with E-state index in [4.69, 9.17) is 4.98 Å². The maximum absolute atomic E-state index is 14.5. The Bertz CT molecular complexity index is 2060. The van der Waals surface area contributed by atoms with Crippen LogP contribution in [0.25, 0.3) is 0 Å². The smallest absolute Gasteiger partial charge is 0.240 e. The zero-order valence-electron chi connectivity index (χ0n) is 33.2. The molecule has 56 heavy (non-hydrogen) atoms. The van der Waals surface area contributed by atoms with Crippen molar-refractivity contribution in [3.63, 3.8) is 0 Å². The third-order valence-corrected chi connectivity index (χ3v) is 15.0. The lowest BCUT2D eigenvalue weighted by molar-refractivity contribution is -0.141. The summed E-state index contributed by atoms with van der Waals surface area (Å²) >= 11 is 1.66. The van der Waals surface area contributed by atoms with Crippen LogP contribution in [0.4, 0.5) is 0 Å². The van der Waals surface area contributed by atoms with Gasteiger partial charge in [-0.1, -0.05) is 38.1 Å². The van der Waals surface area contributed by atoms with E-state index in [0.717, 1.165) is 52.5 Å². The lowest BCUT2D eigenvalue weighted by Crippen LogP contribution is -2.55. The molecule has 0 aliphatic carbocycles. The van der Waals surface area contributed by atoms with Crippen molar-refractivity contribution in [2.75, 3.05) is 45.5 Å². The second kappa shape index (κ2) is 15.2. The molecule has 0 spiro atoms. The van der Waals surface area contributed by atoms with E-state index in [1.165, 1.54) is 6.26 Å². The average Bonchev–Trinajstić information content (AvgIpc) is 3.97. The fourth-order valence-corrected chi connectivity index (χ4v) is 11.1. The van der Waals surface area contributed by atoms with Gasteiger partial charge < -0.3 is 15.1 Å². The normalized spacial score (nSPS) is 28.5. The highest BCUT2D eigenvalue weighted by molar-refractivity contribution is 7.90. The summed E-state index contributed by atoms with van der Waals surface area (Å²) in [5.41, 5.74) is 2.49. The molecule has 0 saturated carbocycles. The van der Waals surface area contributed by atoms with Crippen LogP contribution in [0.3, 0.4) is 0 Å². The lowest BCUT2D eigenvalue weighted by atomic mass is 9.93. The Morgan fingerprint density at radius 3 is 2.18 bits per heavy atom. The van der Waals surface area contributed by atoms with Gasteiger partial charge in [-0.05, 0) is 63.1 Å². The van der Waals surface area contributed by atoms with Crippen LogP contribution >= 0.6 is 11.3 Å². The number of nitrogens with one attached hydrogen (secondary N) is 1. The Kier molecular flexibility index (Phi) is 10.6. The number of carbonyl (C=O) groups is 3. The number of likely N-dealkylation sites (tertiary alicyclic amines) is 1. The molecule has 10 rings (SSSR count). The summed E-state index contributed by atoms with van der Waals surface area (Å²) in [6.45, 7) is 12.6. The number of nitrogens with zero attached hydrogens (tertiary/aromatic N) is 8. The van der Waals surface area contributed by atoms with E-state index < -0.39 is 15.9 Å². The van der Waals surface area contributed by atoms with E-state index in [1.54, 1.807) is 35.6 Å². The molecule has 7 aliphatic rings. The third-order valence-electron chi connectivity index (χ3n) is 12.7. The molecule has 9 heterocycles. The Morgan fingerprint density at radius 2 is 1.54 bits per heavy atom. The van der Waals surface area contributed by atoms with Crippen molar-refractivity contribution < 1.29 is 22.8 Å². The highest BCUT2D eigenvalue weighted by atomic mass is 32.2. The Balaban J connectivity index is 1.07. The summed E-state index contributed by atoms with van der Waals surface area (Å²) in [5.74, 6) is 0.368. The van der Waals surface area contributed by atoms with Gasteiger partial charge in [0.2, 0.25) is 17.7 Å². The fourth-order valence-electron chi connectivity index (χ4n) is 9.40. The zero-order valence-corrected chi connectivity index (χ0v) is 34.8. The molecule has 0 radical (unpaired) electrons. The van der Waals surface area contributed by atoms with Crippen molar-refractivity contribution in [1.82, 2.24) is 44.9 Å². The Morgan fingerprint density at radius 1 is 0.875 bits per heavy atom. The first-order valence-electron chi connectivity index (χ1n) is 20.1. The number of hydrogen-bond donors (Lipinski definition) is 1. The second-order valence-electron chi connectivity index (χ2n) is 17.7. The average molecular weight is 806 g/mol. The van der Waals surface area contributed by atoms with Crippen LogP contribution in [0.2, 0.25) is 0 Å². The van der Waals surface area contributed by atoms with E-state index in [2.05, 4.69) is 51.1 Å². The first-order chi connectivity index (χ1) is 26.6. The van der Waals surface area contributed by atoms with E-state index >= 15 is 0 Å². The summed E-state index contributed by atoms with van der Waals surface area (Å²) in [4.78, 5) is 57.3. The van der Waals surface area contributed by atoms with Gasteiger partial charge in [0, 0.05) is 86.6 Å². The van der Waals surface area contributed by atoms with Crippen molar-refractivity contribution in [2.45, 2.75) is 126 Å². The molecule has 1 N–H and O–H groups in total. The Hall–Kier alpha value is -3.73. The van der Waals surface area contributed by atoms with Gasteiger partial charge in [0.05, 0.1) is 45.8 Å². The third kappa shape index (κ3) is 8.03. The van der Waals surface area contributed by atoms with Gasteiger partial charge in [-0.25, -0.2) is 18.1 Å². The molecule has 3 amide bonds. The van der Waals surface area contributed by atoms with Crippen LogP contribution in [0, 0.1) is 6.92 Å². The predicted molar refractivity (Wildman–Crippen MR) is 212 cm³/mol. The van der Waals surface area contributed by atoms with Crippen LogP contribution in [0.5, 0.6) is 0 Å². The molecule has 0 unspecified atom stereocenters. The minimum Gasteiger partial charge on any atom is -0.352 e. The van der Waals surface area contributed by atoms with Crippen LogP contribution in [-0.4, -0.2) is 135 Å². The number of carbonyl (C=O) groups excluding carboxylic acids is 3. The van der Waals surface area contributed by atoms with Crippen LogP contribution in [0.15, 0.2) is 35.4 Å². The van der Waals surface area contributed by atoms with Crippen molar-refractivity contribution in [2.24, 2.45) is 0 Å². The first-order valence-corrected chi connectivity index (χ1v) is 22.9. The molecule has 2 aromatic heterocycles. The highest BCUT2D eigenvalue weighted by Crippen LogP contribution is 2.37. The maximum atomic E-state index is 14.5. The quantitative estimate of drug-likeness (QED) is 0.417. The summed E-state index contributed by atoms with van der Waals surface area (Å²) in [6.07, 6.45) is 7.79. The molecular weight excluding hydrogens is 751 g/mol. The van der Waals surface area contributed by atoms with Gasteiger partial charge in [-0.15, -0.1) is 16.4 Å². The molecule has 4 saturated heterocycles. The topological polar surface area (TPSA) is 154 Å². The number of thiazole rings is 1. The summed E-state index contributed by atoms with van der Waals surface area (Å²) in [6, 6.07) is 6.08. The standard InChI is InChI=1S/C40H55N9O5S2/c1-25-32-20-36(50)41-28-18-33(47(22-28)21-26-6-8-31(9-7-26)56(5,53)54)38(51)46-16-12-29(13-17-46)48-23-30(49-24-35(43-44-49)40(2,3)4)19-34(48)39(52)45-14-10-27(11-15-45)37(42-32)55-25/h6-9,24,27-30,33-34H,10-23H2,1-5H3,(H,41,50)/t28-,30+,33+,34+/m1/s1. The number of rotatable bonds is 4. The number of aromatic nitrogens is 4. The summed E-state index contributed by atoms with van der Waals surface area (Å²) in [5, 5.41) is 13.3. The molecule has 7 aliphatic heterocycles. The van der Waals surface area contributed by atoms with Crippen molar-refractivity contribution >= 4 is 38.9 Å². The van der Waals surface area contributed by atoms with E-state index in [1.807, 2.05) is 22.7 Å². The number of piperidine rings is 2. The van der Waals surface area contributed by atoms with E-state index in [-0.39, 0.29) is 64.5 Å². The van der Waals surface area contributed by atoms with Gasteiger partial charge in [0.1, 0.15) is 0 Å². The summed E-state index contributed by atoms with van der Waals surface area (Å²) < 4.78 is 26.2. The maximum Gasteiger partial charge on any atom is 0.240 e. The second-order valence-corrected chi connectivity index (χ2v) is 20.9. The molecule has 8 bridgehead atoms. The molecule has 3 aromatic rings. The van der Waals surface area contributed by atoms with Gasteiger partial charge in [0.25, 0.3) is 0 Å². The first kappa shape index (κ1) is 39.1. The van der Waals surface area contributed by atoms with Gasteiger partial charge in [0.15, 0.2) is 9.84 Å². The van der Waals surface area contributed by atoms with Gasteiger partial charge in [-0.3, -0.25) is 24.2 Å². The lowest BCUT2D eigenvalue weighted by Gasteiger charge is -2.41. The molecule has 14 nitrogen and oxygen atoms in total. The fraction of sp³-hybridized carbons (Fsp3) is 0.650. The predicted octanol–water partition coefficient (Wildman–Crippen LogP) is 3.07. The summed E-state index contributed by atoms with van der Waals surface area (Å²) in [7, 11) is -3.34. The Labute approximate surface area is 333 Å². The number of aryl methyl sites for hydroxylation is 1. The number of amides is 3. The molecule has 4 atom stereocenters. The van der Waals surface area contributed by atoms with Crippen LogP contribution in [0.1, 0.15) is 98.1 Å². The van der Waals surface area contributed by atoms with Crippen molar-refractivity contribution in [1.29, 1.82) is 0 Å². The van der Waals surface area contributed by atoms with Crippen LogP contribution < -0.4 is 5.32 Å². The van der Waals surface area contributed by atoms with Crippen molar-refractivity contribution in [3.05, 3.63) is 57.3 Å². The largest absolute Gasteiger partial charge is 0.352 e. The zero-order chi connectivity index (χ0) is 39.5. The molecule has 1 aromatic carbocycles. The number of hydrogen-bond acceptors (Lipinski definition) is 11. The molecule has 302 valence electrons. The minimum atomic E-state index is -3.34. The van der Waals surface area contributed by atoms with E-state index in [0.29, 0.717) is 58.7 Å². The van der Waals surface area contributed by atoms with Crippen molar-refractivity contribution in [3.8, 4) is 0 Å². The molecular formula is C40H55N9O5S2. The number of fused-ring (bicyclic) bond motifs is 2. The highest BCUT2D eigenvalue weighted by Gasteiger charge is 2.46. The van der Waals surface area contributed by atoms with E-state index in [9.17, 15) is 22.8 Å². The van der Waals surface area contributed by atoms with Crippen LogP contribution in [-0.2, 0) is 42.6 Å². The SMILES string of the molecule is Cc1sc2nc1CC(=O)N[C@@H]1C[C@@H](C(=O)N3CCC(CC3)N3C[C@@H](n4cc(C(C)(C)C)nn4)C[C@H]3C(=O)N3CCC2CC3)N(Cc2ccc(S(C)(=O)=O)cc2)C1. The van der Waals surface area contributed by atoms with Gasteiger partial charge >= 0.3 is 0 Å². The minimum absolute atomic E-state index is 0.0256.